The number of benzene rings is 1. The summed E-state index contributed by atoms with van der Waals surface area (Å²) in [6, 6.07) is 1.43. The first-order chi connectivity index (χ1) is 5.95. The van der Waals surface area contributed by atoms with Crippen molar-refractivity contribution in [1.29, 1.82) is 5.41 Å². The maximum atomic E-state index is 9.41. The van der Waals surface area contributed by atoms with Gasteiger partial charge in [-0.1, -0.05) is 0 Å². The van der Waals surface area contributed by atoms with Gasteiger partial charge in [-0.15, -0.1) is 0 Å². The molecular formula is C8H12N4O. The summed E-state index contributed by atoms with van der Waals surface area (Å²) in [4.78, 5) is 0. The van der Waals surface area contributed by atoms with Crippen LogP contribution in [-0.4, -0.2) is 10.9 Å². The van der Waals surface area contributed by atoms with Crippen LogP contribution in [0.2, 0.25) is 0 Å². The van der Waals surface area contributed by atoms with Gasteiger partial charge in [-0.25, -0.2) is 0 Å². The van der Waals surface area contributed by atoms with Crippen molar-refractivity contribution in [2.45, 2.75) is 6.92 Å². The van der Waals surface area contributed by atoms with Gasteiger partial charge < -0.3 is 22.3 Å². The van der Waals surface area contributed by atoms with Gasteiger partial charge in [-0.05, 0) is 18.6 Å². The van der Waals surface area contributed by atoms with E-state index >= 15 is 0 Å². The van der Waals surface area contributed by atoms with Gasteiger partial charge in [0, 0.05) is 0 Å². The molecule has 1 rings (SSSR count). The number of anilines is 2. The first-order valence-corrected chi connectivity index (χ1v) is 3.67. The number of phenolic OH excluding ortho intramolecular Hbond substituents is 1. The number of phenols is 1. The molecule has 5 nitrogen and oxygen atoms in total. The van der Waals surface area contributed by atoms with E-state index in [0.717, 1.165) is 0 Å². The fourth-order valence-corrected chi connectivity index (χ4v) is 1.12. The third-order valence-electron chi connectivity index (χ3n) is 1.86. The van der Waals surface area contributed by atoms with Gasteiger partial charge >= 0.3 is 0 Å². The number of nitrogens with one attached hydrogen (secondary N) is 1. The molecule has 0 spiro atoms. The molecule has 8 N–H and O–H groups in total. The minimum Gasteiger partial charge on any atom is -0.507 e. The lowest BCUT2D eigenvalue weighted by Gasteiger charge is -2.11. The highest BCUT2D eigenvalue weighted by molar-refractivity contribution is 6.05. The van der Waals surface area contributed by atoms with Gasteiger partial charge in [-0.3, -0.25) is 5.41 Å². The van der Waals surface area contributed by atoms with Gasteiger partial charge in [0.1, 0.15) is 11.6 Å². The molecule has 0 atom stereocenters. The van der Waals surface area contributed by atoms with Gasteiger partial charge in [0.15, 0.2) is 0 Å². The van der Waals surface area contributed by atoms with Crippen LogP contribution < -0.4 is 17.2 Å². The predicted molar refractivity (Wildman–Crippen MR) is 52.7 cm³/mol. The van der Waals surface area contributed by atoms with Crippen molar-refractivity contribution < 1.29 is 5.11 Å². The number of nitrogens with two attached hydrogens (primary N) is 3. The summed E-state index contributed by atoms with van der Waals surface area (Å²) in [6.07, 6.45) is 0. The maximum absolute atomic E-state index is 9.41. The van der Waals surface area contributed by atoms with E-state index < -0.39 is 0 Å². The van der Waals surface area contributed by atoms with E-state index in [2.05, 4.69) is 0 Å². The quantitative estimate of drug-likeness (QED) is 0.183. The highest BCUT2D eigenvalue weighted by Gasteiger charge is 2.13. The molecule has 0 saturated heterocycles. The Balaban J connectivity index is 3.53. The zero-order chi connectivity index (χ0) is 10.2. The lowest BCUT2D eigenvalue weighted by atomic mass is 10.1. The largest absolute Gasteiger partial charge is 0.507 e. The number of nitrogen functional groups attached to an aromatic ring is 3. The van der Waals surface area contributed by atoms with E-state index in [4.69, 9.17) is 22.6 Å². The Bertz CT molecular complexity index is 373. The number of hydrogen-bond donors (Lipinski definition) is 5. The maximum Gasteiger partial charge on any atom is 0.129 e. The molecule has 5 heteroatoms. The van der Waals surface area contributed by atoms with Crippen LogP contribution in [0.25, 0.3) is 0 Å². The Morgan fingerprint density at radius 2 is 1.92 bits per heavy atom. The van der Waals surface area contributed by atoms with Crippen molar-refractivity contribution in [3.63, 3.8) is 0 Å². The minimum atomic E-state index is -0.290. The molecule has 0 amide bonds. The van der Waals surface area contributed by atoms with E-state index in [1.54, 1.807) is 6.92 Å². The Kier molecular flexibility index (Phi) is 2.02. The summed E-state index contributed by atoms with van der Waals surface area (Å²) >= 11 is 0. The Labute approximate surface area is 75.7 Å². The SMILES string of the molecule is Cc1cc(O)c(C(=N)N)c(N)c1N. The van der Waals surface area contributed by atoms with Crippen molar-refractivity contribution in [2.75, 3.05) is 11.5 Å². The van der Waals surface area contributed by atoms with Gasteiger partial charge in [0.05, 0.1) is 16.9 Å². The first kappa shape index (κ1) is 9.18. The molecule has 0 radical (unpaired) electrons. The smallest absolute Gasteiger partial charge is 0.129 e. The fraction of sp³-hybridized carbons (Fsp3) is 0.125. The third-order valence-corrected chi connectivity index (χ3v) is 1.86. The molecule has 0 heterocycles. The van der Waals surface area contributed by atoms with E-state index in [9.17, 15) is 5.11 Å². The summed E-state index contributed by atoms with van der Waals surface area (Å²) < 4.78 is 0. The zero-order valence-electron chi connectivity index (χ0n) is 7.26. The number of amidine groups is 1. The fourth-order valence-electron chi connectivity index (χ4n) is 1.12. The van der Waals surface area contributed by atoms with Crippen LogP contribution in [0.15, 0.2) is 6.07 Å². The molecule has 1 aromatic carbocycles. The second kappa shape index (κ2) is 2.85. The van der Waals surface area contributed by atoms with Gasteiger partial charge in [0.2, 0.25) is 0 Å². The van der Waals surface area contributed by atoms with Gasteiger partial charge in [-0.2, -0.15) is 0 Å². The monoisotopic (exact) mass is 180 g/mol. The molecule has 0 aromatic heterocycles. The zero-order valence-corrected chi connectivity index (χ0v) is 7.26. The van der Waals surface area contributed by atoms with Crippen molar-refractivity contribution in [2.24, 2.45) is 5.73 Å². The highest BCUT2D eigenvalue weighted by atomic mass is 16.3. The average Bonchev–Trinajstić information content (AvgIpc) is 1.99. The second-order valence-corrected chi connectivity index (χ2v) is 2.83. The van der Waals surface area contributed by atoms with Crippen molar-refractivity contribution >= 4 is 17.2 Å². The molecule has 1 aromatic rings. The number of aromatic hydroxyl groups is 1. The lowest BCUT2D eigenvalue weighted by molar-refractivity contribution is 0.474. The van der Waals surface area contributed by atoms with Crippen LogP contribution in [0, 0.1) is 12.3 Å². The molecule has 0 aliphatic carbocycles. The molecule has 0 aliphatic heterocycles. The molecule has 0 bridgehead atoms. The van der Waals surface area contributed by atoms with Crippen LogP contribution in [-0.2, 0) is 0 Å². The second-order valence-electron chi connectivity index (χ2n) is 2.83. The number of rotatable bonds is 1. The van der Waals surface area contributed by atoms with Crippen LogP contribution in [0.1, 0.15) is 11.1 Å². The molecule has 0 unspecified atom stereocenters. The Morgan fingerprint density at radius 1 is 1.38 bits per heavy atom. The van der Waals surface area contributed by atoms with Crippen LogP contribution in [0.3, 0.4) is 0 Å². The molecule has 0 saturated carbocycles. The lowest BCUT2D eigenvalue weighted by Crippen LogP contribution is -2.15. The summed E-state index contributed by atoms with van der Waals surface area (Å²) in [5.74, 6) is -0.404. The molecular weight excluding hydrogens is 168 g/mol. The molecule has 0 fully saturated rings. The standard InChI is InChI=1S/C8H12N4O/c1-3-2-4(13)5(8(11)12)7(10)6(3)9/h2,13H,9-10H2,1H3,(H3,11,12). The average molecular weight is 180 g/mol. The number of hydrogen-bond acceptors (Lipinski definition) is 4. The molecule has 0 aliphatic rings. The van der Waals surface area contributed by atoms with Crippen molar-refractivity contribution in [3.8, 4) is 5.75 Å². The number of aryl methyl sites for hydroxylation is 1. The molecule has 13 heavy (non-hydrogen) atoms. The van der Waals surface area contributed by atoms with E-state index in [-0.39, 0.29) is 22.8 Å². The Hall–Kier alpha value is -1.91. The van der Waals surface area contributed by atoms with Crippen molar-refractivity contribution in [3.05, 3.63) is 17.2 Å². The first-order valence-electron chi connectivity index (χ1n) is 3.67. The summed E-state index contributed by atoms with van der Waals surface area (Å²) in [7, 11) is 0. The third kappa shape index (κ3) is 1.35. The highest BCUT2D eigenvalue weighted by Crippen LogP contribution is 2.31. The minimum absolute atomic E-state index is 0.100. The summed E-state index contributed by atoms with van der Waals surface area (Å²) in [5, 5.41) is 16.6. The van der Waals surface area contributed by atoms with Gasteiger partial charge in [0.25, 0.3) is 0 Å². The van der Waals surface area contributed by atoms with Crippen molar-refractivity contribution in [1.82, 2.24) is 0 Å². The molecule has 70 valence electrons. The van der Waals surface area contributed by atoms with Crippen LogP contribution in [0.5, 0.6) is 5.75 Å². The topological polar surface area (TPSA) is 122 Å². The van der Waals surface area contributed by atoms with Crippen LogP contribution >= 0.6 is 0 Å². The normalized spacial score (nSPS) is 9.92. The van der Waals surface area contributed by atoms with E-state index in [0.29, 0.717) is 11.3 Å². The van der Waals surface area contributed by atoms with E-state index in [1.807, 2.05) is 0 Å². The summed E-state index contributed by atoms with van der Waals surface area (Å²) in [5.41, 5.74) is 17.7. The summed E-state index contributed by atoms with van der Waals surface area (Å²) in [6.45, 7) is 1.72. The van der Waals surface area contributed by atoms with E-state index in [1.165, 1.54) is 6.07 Å². The van der Waals surface area contributed by atoms with Crippen LogP contribution in [0.4, 0.5) is 11.4 Å². The predicted octanol–water partition coefficient (Wildman–Crippen LogP) is 0.149. The Morgan fingerprint density at radius 3 is 2.38 bits per heavy atom.